The molecule has 3 rings (SSSR count). The van der Waals surface area contributed by atoms with Crippen LogP contribution < -0.4 is 4.72 Å². The summed E-state index contributed by atoms with van der Waals surface area (Å²) in [7, 11) is -2.22. The molecule has 0 unspecified atom stereocenters. The predicted molar refractivity (Wildman–Crippen MR) is 75.6 cm³/mol. The first kappa shape index (κ1) is 13.8. The summed E-state index contributed by atoms with van der Waals surface area (Å²) in [5.74, 6) is 0.439. The molecule has 1 saturated carbocycles. The van der Waals surface area contributed by atoms with Gasteiger partial charge in [0.05, 0.1) is 5.69 Å². The van der Waals surface area contributed by atoms with E-state index in [9.17, 15) is 8.42 Å². The molecule has 1 fully saturated rings. The molecule has 0 radical (unpaired) electrons. The van der Waals surface area contributed by atoms with Crippen LogP contribution >= 0.6 is 22.9 Å². The van der Waals surface area contributed by atoms with Crippen LogP contribution in [0.25, 0.3) is 0 Å². The van der Waals surface area contributed by atoms with E-state index in [4.69, 9.17) is 11.6 Å². The van der Waals surface area contributed by atoms with Gasteiger partial charge in [-0.3, -0.25) is 9.40 Å². The average Bonchev–Trinajstić information content (AvgIpc) is 3.03. The topological polar surface area (TPSA) is 89.8 Å². The van der Waals surface area contributed by atoms with Gasteiger partial charge in [0.25, 0.3) is 10.0 Å². The van der Waals surface area contributed by atoms with Crippen LogP contribution in [0.1, 0.15) is 29.5 Å². The number of nitrogens with zero attached hydrogens (tertiary/aromatic N) is 4. The van der Waals surface area contributed by atoms with Crippen LogP contribution in [-0.2, 0) is 17.1 Å². The van der Waals surface area contributed by atoms with Gasteiger partial charge in [0.2, 0.25) is 5.13 Å². The molecule has 1 aliphatic carbocycles. The second-order valence-electron chi connectivity index (χ2n) is 4.65. The maximum atomic E-state index is 12.3. The van der Waals surface area contributed by atoms with Crippen molar-refractivity contribution in [2.75, 3.05) is 4.72 Å². The Kier molecular flexibility index (Phi) is 3.22. The number of hydrogen-bond acceptors (Lipinski definition) is 6. The number of anilines is 1. The highest BCUT2D eigenvalue weighted by Crippen LogP contribution is 2.42. The minimum absolute atomic E-state index is 0.0233. The third kappa shape index (κ3) is 2.40. The zero-order chi connectivity index (χ0) is 14.5. The number of hydrogen-bond donors (Lipinski definition) is 1. The second kappa shape index (κ2) is 4.68. The minimum Gasteiger partial charge on any atom is -0.255 e. The van der Waals surface area contributed by atoms with Gasteiger partial charge in [0.15, 0.2) is 0 Å². The predicted octanol–water partition coefficient (Wildman–Crippen LogP) is 1.91. The van der Waals surface area contributed by atoms with Gasteiger partial charge in [0.1, 0.15) is 15.1 Å². The van der Waals surface area contributed by atoms with Crippen LogP contribution in [0.2, 0.25) is 5.15 Å². The van der Waals surface area contributed by atoms with E-state index in [0.717, 1.165) is 17.8 Å². The average molecular weight is 334 g/mol. The van der Waals surface area contributed by atoms with Gasteiger partial charge >= 0.3 is 0 Å². The largest absolute Gasteiger partial charge is 0.268 e. The van der Waals surface area contributed by atoms with E-state index in [-0.39, 0.29) is 15.2 Å². The SMILES string of the molecule is Cc1nn(C)c(Cl)c1S(=O)(=O)Nc1nnc(C2CC2)s1. The molecule has 0 aromatic carbocycles. The maximum absolute atomic E-state index is 12.3. The van der Waals surface area contributed by atoms with Crippen molar-refractivity contribution in [1.29, 1.82) is 0 Å². The van der Waals surface area contributed by atoms with Crippen molar-refractivity contribution in [3.05, 3.63) is 15.9 Å². The van der Waals surface area contributed by atoms with Crippen molar-refractivity contribution in [2.45, 2.75) is 30.6 Å². The third-order valence-electron chi connectivity index (χ3n) is 2.96. The third-order valence-corrected chi connectivity index (χ3v) is 6.12. The van der Waals surface area contributed by atoms with Crippen molar-refractivity contribution in [1.82, 2.24) is 20.0 Å². The number of aromatic nitrogens is 4. The number of rotatable bonds is 4. The molecule has 2 aromatic heterocycles. The smallest absolute Gasteiger partial charge is 0.255 e. The van der Waals surface area contributed by atoms with Crippen LogP contribution in [-0.4, -0.2) is 28.4 Å². The Morgan fingerprint density at radius 2 is 2.10 bits per heavy atom. The van der Waals surface area contributed by atoms with Gasteiger partial charge in [-0.1, -0.05) is 22.9 Å². The standard InChI is InChI=1S/C10H12ClN5O2S2/c1-5-7(8(11)16(2)14-5)20(17,18)15-10-13-12-9(19-10)6-3-4-6/h6H,3-4H2,1-2H3,(H,13,15). The first-order valence-electron chi connectivity index (χ1n) is 5.94. The van der Waals surface area contributed by atoms with Gasteiger partial charge < -0.3 is 0 Å². The Morgan fingerprint density at radius 3 is 2.65 bits per heavy atom. The Labute approximate surface area is 125 Å². The molecule has 0 aliphatic heterocycles. The molecule has 2 heterocycles. The molecule has 1 N–H and O–H groups in total. The first-order valence-corrected chi connectivity index (χ1v) is 8.61. The lowest BCUT2D eigenvalue weighted by atomic mass is 10.5. The molecule has 10 heteroatoms. The first-order chi connectivity index (χ1) is 9.38. The highest BCUT2D eigenvalue weighted by atomic mass is 35.5. The Balaban J connectivity index is 1.91. The van der Waals surface area contributed by atoms with E-state index in [1.807, 2.05) is 0 Å². The number of nitrogens with one attached hydrogen (secondary N) is 1. The molecule has 2 aromatic rings. The van der Waals surface area contributed by atoms with E-state index in [2.05, 4.69) is 20.0 Å². The summed E-state index contributed by atoms with van der Waals surface area (Å²) in [5, 5.41) is 13.0. The van der Waals surface area contributed by atoms with Crippen molar-refractivity contribution in [3.8, 4) is 0 Å². The number of halogens is 1. The van der Waals surface area contributed by atoms with Crippen molar-refractivity contribution >= 4 is 38.1 Å². The van der Waals surface area contributed by atoms with Gasteiger partial charge in [-0.2, -0.15) is 5.10 Å². The van der Waals surface area contributed by atoms with E-state index in [0.29, 0.717) is 11.6 Å². The van der Waals surface area contributed by atoms with Crippen molar-refractivity contribution in [2.24, 2.45) is 7.05 Å². The quantitative estimate of drug-likeness (QED) is 0.923. The number of sulfonamides is 1. The molecule has 108 valence electrons. The molecule has 1 aliphatic rings. The Hall–Kier alpha value is -1.19. The summed E-state index contributed by atoms with van der Waals surface area (Å²) in [6.45, 7) is 1.59. The molecule has 0 atom stereocenters. The second-order valence-corrected chi connectivity index (χ2v) is 7.64. The number of aryl methyl sites for hydroxylation is 2. The lowest BCUT2D eigenvalue weighted by molar-refractivity contribution is 0.600. The molecule has 0 saturated heterocycles. The van der Waals surface area contributed by atoms with E-state index >= 15 is 0 Å². The zero-order valence-corrected chi connectivity index (χ0v) is 13.2. The monoisotopic (exact) mass is 333 g/mol. The zero-order valence-electron chi connectivity index (χ0n) is 10.8. The molecular formula is C10H12ClN5O2S2. The normalized spacial score (nSPS) is 15.6. The summed E-state index contributed by atoms with van der Waals surface area (Å²) in [4.78, 5) is -0.0233. The molecule has 20 heavy (non-hydrogen) atoms. The molecule has 0 amide bonds. The van der Waals surface area contributed by atoms with Gasteiger partial charge in [-0.15, -0.1) is 10.2 Å². The molecule has 0 spiro atoms. The van der Waals surface area contributed by atoms with Gasteiger partial charge in [-0.25, -0.2) is 8.42 Å². The fraction of sp³-hybridized carbons (Fsp3) is 0.500. The summed E-state index contributed by atoms with van der Waals surface area (Å²) in [6.07, 6.45) is 2.18. The lowest BCUT2D eigenvalue weighted by Gasteiger charge is -2.03. The van der Waals surface area contributed by atoms with Crippen LogP contribution in [0.5, 0.6) is 0 Å². The molecular weight excluding hydrogens is 322 g/mol. The summed E-state index contributed by atoms with van der Waals surface area (Å²) < 4.78 is 28.4. The lowest BCUT2D eigenvalue weighted by Crippen LogP contribution is -2.14. The van der Waals surface area contributed by atoms with Crippen molar-refractivity contribution < 1.29 is 8.42 Å². The van der Waals surface area contributed by atoms with E-state index in [1.165, 1.54) is 16.0 Å². The van der Waals surface area contributed by atoms with Crippen molar-refractivity contribution in [3.63, 3.8) is 0 Å². The Morgan fingerprint density at radius 1 is 1.40 bits per heavy atom. The molecule has 7 nitrogen and oxygen atoms in total. The van der Waals surface area contributed by atoms with Crippen LogP contribution in [0.15, 0.2) is 4.90 Å². The van der Waals surface area contributed by atoms with Gasteiger partial charge in [-0.05, 0) is 19.8 Å². The summed E-state index contributed by atoms with van der Waals surface area (Å²) in [6, 6.07) is 0. The van der Waals surface area contributed by atoms with E-state index in [1.54, 1.807) is 14.0 Å². The summed E-state index contributed by atoms with van der Waals surface area (Å²) in [5.41, 5.74) is 0.344. The highest BCUT2D eigenvalue weighted by Gasteiger charge is 2.30. The fourth-order valence-electron chi connectivity index (χ4n) is 1.85. The fourth-order valence-corrected chi connectivity index (χ4v) is 4.75. The summed E-state index contributed by atoms with van der Waals surface area (Å²) >= 11 is 7.24. The minimum atomic E-state index is -3.80. The Bertz CT molecular complexity index is 763. The molecule has 0 bridgehead atoms. The highest BCUT2D eigenvalue weighted by molar-refractivity contribution is 7.93. The van der Waals surface area contributed by atoms with Crippen LogP contribution in [0.4, 0.5) is 5.13 Å². The van der Waals surface area contributed by atoms with Crippen LogP contribution in [0, 0.1) is 6.92 Å². The van der Waals surface area contributed by atoms with Gasteiger partial charge in [0, 0.05) is 13.0 Å². The van der Waals surface area contributed by atoms with E-state index < -0.39 is 10.0 Å². The maximum Gasteiger partial charge on any atom is 0.268 e. The van der Waals surface area contributed by atoms with Crippen LogP contribution in [0.3, 0.4) is 0 Å².